The van der Waals surface area contributed by atoms with Crippen LogP contribution in [0.5, 0.6) is 0 Å². The van der Waals surface area contributed by atoms with Crippen LogP contribution in [-0.4, -0.2) is 24.3 Å². The van der Waals surface area contributed by atoms with Crippen LogP contribution in [0.4, 0.5) is 0 Å². The van der Waals surface area contributed by atoms with Crippen molar-refractivity contribution in [3.63, 3.8) is 0 Å². The summed E-state index contributed by atoms with van der Waals surface area (Å²) >= 11 is 0. The molecule has 0 fully saturated rings. The molecule has 2 heteroatoms. The van der Waals surface area contributed by atoms with Crippen LogP contribution in [0.3, 0.4) is 0 Å². The summed E-state index contributed by atoms with van der Waals surface area (Å²) in [5.41, 5.74) is 0. The third-order valence-electron chi connectivity index (χ3n) is 1.01. The number of rotatable bonds is 3. The molecule has 8 heavy (non-hydrogen) atoms. The third-order valence-corrected chi connectivity index (χ3v) is 1.01. The lowest BCUT2D eigenvalue weighted by Gasteiger charge is -2.11. The molecule has 0 spiro atoms. The van der Waals surface area contributed by atoms with E-state index < -0.39 is 0 Å². The van der Waals surface area contributed by atoms with Gasteiger partial charge in [-0.3, -0.25) is 5.01 Å². The van der Waals surface area contributed by atoms with E-state index in [1.54, 1.807) is 0 Å². The summed E-state index contributed by atoms with van der Waals surface area (Å²) in [6.07, 6.45) is 1.81. The zero-order valence-corrected chi connectivity index (χ0v) is 5.89. The summed E-state index contributed by atoms with van der Waals surface area (Å²) in [4.78, 5) is 0. The standard InChI is InChI=1S/C6H14N2/c1-4-7-8(5-2)6-3/h4H,5-6H2,1-3H3/b7-4-. The SMILES string of the molecule is C/C=N\N(CC)CC. The van der Waals surface area contributed by atoms with Crippen molar-refractivity contribution in [2.24, 2.45) is 5.10 Å². The molecule has 0 unspecified atom stereocenters. The van der Waals surface area contributed by atoms with Gasteiger partial charge in [-0.05, 0) is 20.8 Å². The summed E-state index contributed by atoms with van der Waals surface area (Å²) in [6, 6.07) is 0. The first-order chi connectivity index (χ1) is 3.85. The summed E-state index contributed by atoms with van der Waals surface area (Å²) in [6.45, 7) is 8.12. The Kier molecular flexibility index (Phi) is 4.32. The monoisotopic (exact) mass is 114 g/mol. The zero-order valence-electron chi connectivity index (χ0n) is 5.89. The predicted molar refractivity (Wildman–Crippen MR) is 37.1 cm³/mol. The van der Waals surface area contributed by atoms with Crippen LogP contribution >= 0.6 is 0 Å². The summed E-state index contributed by atoms with van der Waals surface area (Å²) in [7, 11) is 0. The Balaban J connectivity index is 3.36. The third kappa shape index (κ3) is 2.61. The first-order valence-electron chi connectivity index (χ1n) is 3.08. The average Bonchev–Trinajstić information content (AvgIpc) is 1.83. The molecule has 0 aromatic heterocycles. The fraction of sp³-hybridized carbons (Fsp3) is 0.833. The van der Waals surface area contributed by atoms with E-state index in [1.165, 1.54) is 0 Å². The van der Waals surface area contributed by atoms with Gasteiger partial charge in [0, 0.05) is 19.3 Å². The highest BCUT2D eigenvalue weighted by Gasteiger charge is 1.86. The smallest absolute Gasteiger partial charge is 0.0331 e. The molecular weight excluding hydrogens is 100 g/mol. The van der Waals surface area contributed by atoms with Crippen LogP contribution in [0.1, 0.15) is 20.8 Å². The minimum Gasteiger partial charge on any atom is -0.298 e. The molecule has 0 aliphatic carbocycles. The van der Waals surface area contributed by atoms with Crippen molar-refractivity contribution in [3.05, 3.63) is 0 Å². The molecule has 0 saturated carbocycles. The molecule has 2 nitrogen and oxygen atoms in total. The Morgan fingerprint density at radius 2 is 1.88 bits per heavy atom. The van der Waals surface area contributed by atoms with Crippen molar-refractivity contribution in [1.29, 1.82) is 0 Å². The predicted octanol–water partition coefficient (Wildman–Crippen LogP) is 1.33. The highest BCUT2D eigenvalue weighted by Crippen LogP contribution is 1.83. The van der Waals surface area contributed by atoms with E-state index in [0.717, 1.165) is 13.1 Å². The lowest BCUT2D eigenvalue weighted by atomic mass is 10.6. The topological polar surface area (TPSA) is 15.6 Å². The molecule has 0 aliphatic rings. The second-order valence-corrected chi connectivity index (χ2v) is 1.51. The largest absolute Gasteiger partial charge is 0.298 e. The average molecular weight is 114 g/mol. The van der Waals surface area contributed by atoms with E-state index in [2.05, 4.69) is 18.9 Å². The molecule has 0 heterocycles. The van der Waals surface area contributed by atoms with Gasteiger partial charge in [-0.2, -0.15) is 5.10 Å². The quantitative estimate of drug-likeness (QED) is 0.399. The maximum Gasteiger partial charge on any atom is 0.0331 e. The van der Waals surface area contributed by atoms with Crippen molar-refractivity contribution in [3.8, 4) is 0 Å². The molecule has 48 valence electrons. The van der Waals surface area contributed by atoms with E-state index in [9.17, 15) is 0 Å². The molecule has 0 aromatic rings. The van der Waals surface area contributed by atoms with E-state index in [0.29, 0.717) is 0 Å². The van der Waals surface area contributed by atoms with Gasteiger partial charge in [0.25, 0.3) is 0 Å². The normalized spacial score (nSPS) is 10.4. The molecule has 0 amide bonds. The molecule has 0 rings (SSSR count). The first-order valence-corrected chi connectivity index (χ1v) is 3.08. The molecule has 0 bridgehead atoms. The van der Waals surface area contributed by atoms with Crippen molar-refractivity contribution < 1.29 is 0 Å². The van der Waals surface area contributed by atoms with Crippen LogP contribution in [-0.2, 0) is 0 Å². The number of hydrogen-bond donors (Lipinski definition) is 0. The van der Waals surface area contributed by atoms with Crippen molar-refractivity contribution >= 4 is 6.21 Å². The molecule has 0 N–H and O–H groups in total. The fourth-order valence-electron chi connectivity index (χ4n) is 0.550. The molecule has 0 atom stereocenters. The lowest BCUT2D eigenvalue weighted by Crippen LogP contribution is -2.15. The highest BCUT2D eigenvalue weighted by molar-refractivity contribution is 5.52. The van der Waals surface area contributed by atoms with Gasteiger partial charge in [0.1, 0.15) is 0 Å². The van der Waals surface area contributed by atoms with Gasteiger partial charge in [-0.1, -0.05) is 0 Å². The minimum absolute atomic E-state index is 1.00. The summed E-state index contributed by atoms with van der Waals surface area (Å²) < 4.78 is 0. The molecule has 0 radical (unpaired) electrons. The lowest BCUT2D eigenvalue weighted by molar-refractivity contribution is 0.323. The van der Waals surface area contributed by atoms with E-state index >= 15 is 0 Å². The molecular formula is C6H14N2. The Morgan fingerprint density at radius 3 is 2.00 bits per heavy atom. The molecule has 0 aliphatic heterocycles. The van der Waals surface area contributed by atoms with Gasteiger partial charge in [-0.25, -0.2) is 0 Å². The maximum atomic E-state index is 4.07. The van der Waals surface area contributed by atoms with Gasteiger partial charge >= 0.3 is 0 Å². The van der Waals surface area contributed by atoms with E-state index in [-0.39, 0.29) is 0 Å². The number of nitrogens with zero attached hydrogens (tertiary/aromatic N) is 2. The highest BCUT2D eigenvalue weighted by atomic mass is 15.4. The van der Waals surface area contributed by atoms with Gasteiger partial charge in [0.15, 0.2) is 0 Å². The second kappa shape index (κ2) is 4.62. The summed E-state index contributed by atoms with van der Waals surface area (Å²) in [5.74, 6) is 0. The fourth-order valence-corrected chi connectivity index (χ4v) is 0.550. The Hall–Kier alpha value is -0.530. The van der Waals surface area contributed by atoms with Crippen LogP contribution < -0.4 is 0 Å². The molecule has 0 aromatic carbocycles. The van der Waals surface area contributed by atoms with Gasteiger partial charge in [0.2, 0.25) is 0 Å². The van der Waals surface area contributed by atoms with E-state index in [4.69, 9.17) is 0 Å². The Bertz CT molecular complexity index is 64.9. The number of hydrogen-bond acceptors (Lipinski definition) is 2. The summed E-state index contributed by atoms with van der Waals surface area (Å²) in [5, 5.41) is 6.07. The molecule has 0 saturated heterocycles. The van der Waals surface area contributed by atoms with Gasteiger partial charge in [-0.15, -0.1) is 0 Å². The first kappa shape index (κ1) is 7.47. The van der Waals surface area contributed by atoms with Crippen LogP contribution in [0.15, 0.2) is 5.10 Å². The van der Waals surface area contributed by atoms with Gasteiger partial charge < -0.3 is 0 Å². The zero-order chi connectivity index (χ0) is 6.41. The van der Waals surface area contributed by atoms with Crippen molar-refractivity contribution in [2.75, 3.05) is 13.1 Å². The van der Waals surface area contributed by atoms with Crippen molar-refractivity contribution in [1.82, 2.24) is 5.01 Å². The van der Waals surface area contributed by atoms with Crippen LogP contribution in [0.2, 0.25) is 0 Å². The second-order valence-electron chi connectivity index (χ2n) is 1.51. The van der Waals surface area contributed by atoms with Crippen LogP contribution in [0.25, 0.3) is 0 Å². The van der Waals surface area contributed by atoms with Gasteiger partial charge in [0.05, 0.1) is 0 Å². The Labute approximate surface area is 51.2 Å². The Morgan fingerprint density at radius 1 is 1.38 bits per heavy atom. The van der Waals surface area contributed by atoms with Crippen molar-refractivity contribution in [2.45, 2.75) is 20.8 Å². The van der Waals surface area contributed by atoms with Crippen LogP contribution in [0, 0.1) is 0 Å². The minimum atomic E-state index is 1.00. The maximum absolute atomic E-state index is 4.07. The number of hydrazone groups is 1. The van der Waals surface area contributed by atoms with E-state index in [1.807, 2.05) is 18.1 Å².